The fourth-order valence-corrected chi connectivity index (χ4v) is 4.38. The molecule has 0 unspecified atom stereocenters. The van der Waals surface area contributed by atoms with Crippen molar-refractivity contribution in [3.63, 3.8) is 0 Å². The highest BCUT2D eigenvalue weighted by Crippen LogP contribution is 2.37. The number of ether oxygens (including phenoxy) is 3. The molecule has 0 aliphatic carbocycles. The van der Waals surface area contributed by atoms with Gasteiger partial charge >= 0.3 is 0 Å². The van der Waals surface area contributed by atoms with Crippen LogP contribution in [0.4, 0.5) is 5.69 Å². The van der Waals surface area contributed by atoms with Gasteiger partial charge in [-0.15, -0.1) is 0 Å². The first kappa shape index (κ1) is 20.8. The first-order chi connectivity index (χ1) is 14.7. The lowest BCUT2D eigenvalue weighted by molar-refractivity contribution is -0.145. The molecule has 4 rings (SSSR count). The molecule has 6 nitrogen and oxygen atoms in total. The van der Waals surface area contributed by atoms with Crippen LogP contribution in [0.2, 0.25) is 0 Å². The number of carbonyl (C=O) groups is 1. The molecule has 0 saturated carbocycles. The van der Waals surface area contributed by atoms with Crippen molar-refractivity contribution in [2.45, 2.75) is 37.6 Å². The van der Waals surface area contributed by atoms with E-state index in [2.05, 4.69) is 10.2 Å². The molecular formula is C24H30N2O4. The summed E-state index contributed by atoms with van der Waals surface area (Å²) in [6.07, 6.45) is 3.06. The van der Waals surface area contributed by atoms with Crippen molar-refractivity contribution in [1.29, 1.82) is 0 Å². The third-order valence-electron chi connectivity index (χ3n) is 6.03. The van der Waals surface area contributed by atoms with E-state index >= 15 is 0 Å². The van der Waals surface area contributed by atoms with Crippen molar-refractivity contribution in [2.24, 2.45) is 0 Å². The van der Waals surface area contributed by atoms with E-state index < -0.39 is 0 Å². The van der Waals surface area contributed by atoms with Gasteiger partial charge in [-0.3, -0.25) is 9.69 Å². The second kappa shape index (κ2) is 9.60. The van der Waals surface area contributed by atoms with Crippen LogP contribution in [0.3, 0.4) is 0 Å². The summed E-state index contributed by atoms with van der Waals surface area (Å²) in [6.45, 7) is 3.25. The van der Waals surface area contributed by atoms with Gasteiger partial charge in [0, 0.05) is 32.5 Å². The number of hydrogen-bond donors (Lipinski definition) is 1. The zero-order valence-electron chi connectivity index (χ0n) is 17.5. The number of amides is 1. The maximum absolute atomic E-state index is 12.5. The van der Waals surface area contributed by atoms with Gasteiger partial charge in [0.1, 0.15) is 12.4 Å². The van der Waals surface area contributed by atoms with E-state index in [0.29, 0.717) is 13.2 Å². The number of nitrogens with zero attached hydrogens (tertiary/aromatic N) is 1. The molecule has 0 bridgehead atoms. The third-order valence-corrected chi connectivity index (χ3v) is 6.03. The Balaban J connectivity index is 1.25. The number of anilines is 1. The minimum absolute atomic E-state index is 0.0163. The molecule has 2 aromatic rings. The largest absolute Gasteiger partial charge is 0.489 e. The number of rotatable bonds is 7. The molecule has 30 heavy (non-hydrogen) atoms. The van der Waals surface area contributed by atoms with Gasteiger partial charge in [0.2, 0.25) is 5.91 Å². The quantitative estimate of drug-likeness (QED) is 0.757. The van der Waals surface area contributed by atoms with Crippen LogP contribution in [0.25, 0.3) is 0 Å². The molecular weight excluding hydrogens is 380 g/mol. The second-order valence-electron chi connectivity index (χ2n) is 8.07. The third kappa shape index (κ3) is 5.01. The molecule has 1 amide bonds. The Morgan fingerprint density at radius 1 is 1.17 bits per heavy atom. The minimum atomic E-state index is -0.155. The van der Waals surface area contributed by atoms with Gasteiger partial charge < -0.3 is 19.5 Å². The molecule has 1 N–H and O–H groups in total. The fourth-order valence-electron chi connectivity index (χ4n) is 4.38. The molecule has 2 aromatic carbocycles. The summed E-state index contributed by atoms with van der Waals surface area (Å²) in [6, 6.07) is 17.5. The Kier molecular flexibility index (Phi) is 6.67. The minimum Gasteiger partial charge on any atom is -0.489 e. The maximum Gasteiger partial charge on any atom is 0.238 e. The number of hydrogen-bond acceptors (Lipinski definition) is 5. The van der Waals surface area contributed by atoms with Crippen LogP contribution in [0.1, 0.15) is 24.8 Å². The SMILES string of the molecule is CO[C@H]1CN(CC(=O)Nc2ccc(OCc3ccccc3)cc2)CC[C@@]12CCCO2. The summed E-state index contributed by atoms with van der Waals surface area (Å²) in [5, 5.41) is 2.98. The zero-order chi connectivity index (χ0) is 20.8. The van der Waals surface area contributed by atoms with E-state index in [1.54, 1.807) is 7.11 Å². The average Bonchev–Trinajstić information content (AvgIpc) is 3.24. The summed E-state index contributed by atoms with van der Waals surface area (Å²) >= 11 is 0. The molecule has 2 aliphatic rings. The maximum atomic E-state index is 12.5. The number of piperidine rings is 1. The Hall–Kier alpha value is -2.41. The first-order valence-electron chi connectivity index (χ1n) is 10.6. The van der Waals surface area contributed by atoms with Crippen molar-refractivity contribution >= 4 is 11.6 Å². The predicted molar refractivity (Wildman–Crippen MR) is 116 cm³/mol. The van der Waals surface area contributed by atoms with E-state index in [0.717, 1.165) is 56.0 Å². The lowest BCUT2D eigenvalue weighted by atomic mass is 9.86. The number of benzene rings is 2. The first-order valence-corrected chi connectivity index (χ1v) is 10.6. The monoisotopic (exact) mass is 410 g/mol. The molecule has 0 aromatic heterocycles. The van der Waals surface area contributed by atoms with Gasteiger partial charge in [0.05, 0.1) is 18.2 Å². The van der Waals surface area contributed by atoms with Gasteiger partial charge in [-0.05, 0) is 49.1 Å². The predicted octanol–water partition coefficient (Wildman–Crippen LogP) is 3.47. The smallest absolute Gasteiger partial charge is 0.238 e. The Morgan fingerprint density at radius 3 is 2.67 bits per heavy atom. The molecule has 160 valence electrons. The van der Waals surface area contributed by atoms with Crippen LogP contribution in [-0.2, 0) is 20.9 Å². The van der Waals surface area contributed by atoms with Gasteiger partial charge in [-0.2, -0.15) is 0 Å². The molecule has 0 radical (unpaired) electrons. The number of carbonyl (C=O) groups excluding carboxylic acids is 1. The topological polar surface area (TPSA) is 60.0 Å². The highest BCUT2D eigenvalue weighted by Gasteiger charge is 2.46. The van der Waals surface area contributed by atoms with Crippen LogP contribution in [0, 0.1) is 0 Å². The average molecular weight is 411 g/mol. The van der Waals surface area contributed by atoms with E-state index in [1.807, 2.05) is 54.6 Å². The molecule has 2 atom stereocenters. The van der Waals surface area contributed by atoms with Gasteiger partial charge in [-0.25, -0.2) is 0 Å². The van der Waals surface area contributed by atoms with Crippen LogP contribution in [0.5, 0.6) is 5.75 Å². The Labute approximate surface area is 178 Å². The standard InChI is InChI=1S/C24H30N2O4/c1-28-22-16-26(14-13-24(22)12-5-15-30-24)17-23(27)25-20-8-10-21(11-9-20)29-18-19-6-3-2-4-7-19/h2-4,6-11,22H,5,12-18H2,1H3,(H,25,27)/t22-,24-/m0/s1. The summed E-state index contributed by atoms with van der Waals surface area (Å²) < 4.78 is 17.5. The highest BCUT2D eigenvalue weighted by molar-refractivity contribution is 5.92. The molecule has 2 heterocycles. The summed E-state index contributed by atoms with van der Waals surface area (Å²) in [7, 11) is 1.74. The lowest BCUT2D eigenvalue weighted by Crippen LogP contribution is -2.57. The molecule has 1 spiro atoms. The molecule has 2 saturated heterocycles. The van der Waals surface area contributed by atoms with Crippen LogP contribution < -0.4 is 10.1 Å². The van der Waals surface area contributed by atoms with Crippen molar-refractivity contribution in [1.82, 2.24) is 4.90 Å². The van der Waals surface area contributed by atoms with Gasteiger partial charge in [0.25, 0.3) is 0 Å². The lowest BCUT2D eigenvalue weighted by Gasteiger charge is -2.44. The number of likely N-dealkylation sites (tertiary alicyclic amines) is 1. The zero-order valence-corrected chi connectivity index (χ0v) is 17.5. The van der Waals surface area contributed by atoms with Crippen molar-refractivity contribution in [2.75, 3.05) is 38.7 Å². The van der Waals surface area contributed by atoms with Crippen LogP contribution in [0.15, 0.2) is 54.6 Å². The van der Waals surface area contributed by atoms with Crippen molar-refractivity contribution in [3.05, 3.63) is 60.2 Å². The van der Waals surface area contributed by atoms with E-state index in [4.69, 9.17) is 14.2 Å². The Bertz CT molecular complexity index is 819. The van der Waals surface area contributed by atoms with Crippen LogP contribution in [-0.4, -0.2) is 55.9 Å². The highest BCUT2D eigenvalue weighted by atomic mass is 16.5. The van der Waals surface area contributed by atoms with Gasteiger partial charge in [0.15, 0.2) is 0 Å². The number of nitrogens with one attached hydrogen (secondary N) is 1. The van der Waals surface area contributed by atoms with E-state index in [-0.39, 0.29) is 17.6 Å². The number of methoxy groups -OCH3 is 1. The van der Waals surface area contributed by atoms with E-state index in [1.165, 1.54) is 0 Å². The molecule has 2 fully saturated rings. The normalized spacial score (nSPS) is 24.1. The van der Waals surface area contributed by atoms with Crippen molar-refractivity contribution in [3.8, 4) is 5.75 Å². The fraction of sp³-hybridized carbons (Fsp3) is 0.458. The van der Waals surface area contributed by atoms with Crippen molar-refractivity contribution < 1.29 is 19.0 Å². The summed E-state index contributed by atoms with van der Waals surface area (Å²) in [5.41, 5.74) is 1.73. The summed E-state index contributed by atoms with van der Waals surface area (Å²) in [4.78, 5) is 14.7. The van der Waals surface area contributed by atoms with Gasteiger partial charge in [-0.1, -0.05) is 30.3 Å². The van der Waals surface area contributed by atoms with E-state index in [9.17, 15) is 4.79 Å². The summed E-state index contributed by atoms with van der Waals surface area (Å²) in [5.74, 6) is 0.753. The Morgan fingerprint density at radius 2 is 1.97 bits per heavy atom. The van der Waals surface area contributed by atoms with Crippen LogP contribution >= 0.6 is 0 Å². The molecule has 6 heteroatoms. The molecule has 2 aliphatic heterocycles. The second-order valence-corrected chi connectivity index (χ2v) is 8.07.